The van der Waals surface area contributed by atoms with Crippen LogP contribution in [0.1, 0.15) is 18.5 Å². The van der Waals surface area contributed by atoms with Crippen molar-refractivity contribution in [2.75, 3.05) is 26.3 Å². The van der Waals surface area contributed by atoms with Crippen molar-refractivity contribution in [2.24, 2.45) is 0 Å². The van der Waals surface area contributed by atoms with Crippen molar-refractivity contribution >= 4 is 10.0 Å². The predicted octanol–water partition coefficient (Wildman–Crippen LogP) is 1.28. The second-order valence-electron chi connectivity index (χ2n) is 6.38. The molecule has 1 atom stereocenters. The third kappa shape index (κ3) is 3.69. The van der Waals surface area contributed by atoms with Gasteiger partial charge < -0.3 is 19.3 Å². The Morgan fingerprint density at radius 3 is 2.85 bits per heavy atom. The molecule has 0 amide bonds. The summed E-state index contributed by atoms with van der Waals surface area (Å²) < 4.78 is 43.8. The SMILES string of the molecule is O=S(=O)(NCc1cc(-c2ccc3c(c2)OCCO3)on1)C1CCCNC1. The molecule has 1 aromatic heterocycles. The van der Waals surface area contributed by atoms with Crippen LogP contribution < -0.4 is 19.5 Å². The summed E-state index contributed by atoms with van der Waals surface area (Å²) in [6.07, 6.45) is 1.54. The molecule has 2 N–H and O–H groups in total. The number of ether oxygens (including phenoxy) is 2. The van der Waals surface area contributed by atoms with E-state index in [0.717, 1.165) is 18.5 Å². The molecule has 2 aliphatic rings. The molecule has 26 heavy (non-hydrogen) atoms. The first-order valence-corrected chi connectivity index (χ1v) is 10.2. The Kier molecular flexibility index (Phi) is 4.84. The zero-order valence-electron chi connectivity index (χ0n) is 14.2. The molecule has 4 rings (SSSR count). The first-order valence-electron chi connectivity index (χ1n) is 8.67. The lowest BCUT2D eigenvalue weighted by molar-refractivity contribution is 0.171. The van der Waals surface area contributed by atoms with E-state index in [4.69, 9.17) is 14.0 Å². The van der Waals surface area contributed by atoms with E-state index in [1.165, 1.54) is 0 Å². The van der Waals surface area contributed by atoms with Crippen molar-refractivity contribution in [3.05, 3.63) is 30.0 Å². The molecule has 0 bridgehead atoms. The molecule has 0 aliphatic carbocycles. The Morgan fingerprint density at radius 2 is 2.04 bits per heavy atom. The van der Waals surface area contributed by atoms with Gasteiger partial charge in [-0.2, -0.15) is 0 Å². The van der Waals surface area contributed by atoms with Gasteiger partial charge in [0.05, 0.1) is 17.5 Å². The summed E-state index contributed by atoms with van der Waals surface area (Å²) in [4.78, 5) is 0. The Balaban J connectivity index is 1.43. The molecule has 2 aliphatic heterocycles. The number of benzene rings is 1. The summed E-state index contributed by atoms with van der Waals surface area (Å²) in [6.45, 7) is 2.50. The highest BCUT2D eigenvalue weighted by Gasteiger charge is 2.27. The fraction of sp³-hybridized carbons (Fsp3) is 0.471. The summed E-state index contributed by atoms with van der Waals surface area (Å²) in [5.41, 5.74) is 1.33. The number of nitrogens with zero attached hydrogens (tertiary/aromatic N) is 1. The number of hydrogen-bond acceptors (Lipinski definition) is 7. The van der Waals surface area contributed by atoms with Gasteiger partial charge in [-0.25, -0.2) is 13.1 Å². The molecule has 8 nitrogen and oxygen atoms in total. The summed E-state index contributed by atoms with van der Waals surface area (Å²) in [6, 6.07) is 7.24. The van der Waals surface area contributed by atoms with Crippen molar-refractivity contribution in [3.63, 3.8) is 0 Å². The Morgan fingerprint density at radius 1 is 1.19 bits per heavy atom. The molecule has 140 valence electrons. The van der Waals surface area contributed by atoms with Crippen molar-refractivity contribution in [3.8, 4) is 22.8 Å². The zero-order chi connectivity index (χ0) is 18.0. The standard InChI is InChI=1S/C17H21N3O5S/c21-26(22,14-2-1-5-18-11-14)19-10-13-9-16(25-20-13)12-3-4-15-17(8-12)24-7-6-23-15/h3-4,8-9,14,18-19H,1-2,5-7,10-11H2. The predicted molar refractivity (Wildman–Crippen MR) is 94.6 cm³/mol. The van der Waals surface area contributed by atoms with E-state index in [9.17, 15) is 8.42 Å². The summed E-state index contributed by atoms with van der Waals surface area (Å²) in [7, 11) is -3.38. The van der Waals surface area contributed by atoms with Gasteiger partial charge in [0, 0.05) is 18.2 Å². The average Bonchev–Trinajstić information content (AvgIpc) is 3.16. The molecule has 1 saturated heterocycles. The van der Waals surface area contributed by atoms with Gasteiger partial charge >= 0.3 is 0 Å². The molecule has 3 heterocycles. The Labute approximate surface area is 151 Å². The van der Waals surface area contributed by atoms with Crippen LogP contribution in [0.4, 0.5) is 0 Å². The normalized spacial score (nSPS) is 20.1. The van der Waals surface area contributed by atoms with Crippen molar-refractivity contribution in [1.29, 1.82) is 0 Å². The van der Waals surface area contributed by atoms with Crippen molar-refractivity contribution in [2.45, 2.75) is 24.6 Å². The molecule has 0 radical (unpaired) electrons. The van der Waals surface area contributed by atoms with E-state index in [0.29, 0.717) is 49.1 Å². The van der Waals surface area contributed by atoms with Crippen LogP contribution in [-0.4, -0.2) is 45.1 Å². The van der Waals surface area contributed by atoms with Crippen LogP contribution in [0.15, 0.2) is 28.8 Å². The van der Waals surface area contributed by atoms with Gasteiger partial charge in [0.2, 0.25) is 10.0 Å². The summed E-state index contributed by atoms with van der Waals surface area (Å²) >= 11 is 0. The maximum absolute atomic E-state index is 12.4. The highest BCUT2D eigenvalue weighted by atomic mass is 32.2. The van der Waals surface area contributed by atoms with E-state index in [1.807, 2.05) is 18.2 Å². The van der Waals surface area contributed by atoms with Gasteiger partial charge in [0.15, 0.2) is 17.3 Å². The number of fused-ring (bicyclic) bond motifs is 1. The van der Waals surface area contributed by atoms with E-state index >= 15 is 0 Å². The Bertz CT molecular complexity index is 874. The van der Waals surface area contributed by atoms with Gasteiger partial charge in [0.1, 0.15) is 13.2 Å². The van der Waals surface area contributed by atoms with Crippen LogP contribution >= 0.6 is 0 Å². The first-order chi connectivity index (χ1) is 12.6. The number of sulfonamides is 1. The maximum atomic E-state index is 12.4. The number of rotatable bonds is 5. The maximum Gasteiger partial charge on any atom is 0.216 e. The smallest absolute Gasteiger partial charge is 0.216 e. The Hall–Kier alpha value is -2.10. The van der Waals surface area contributed by atoms with E-state index < -0.39 is 15.3 Å². The second-order valence-corrected chi connectivity index (χ2v) is 8.42. The molecular formula is C17H21N3O5S. The lowest BCUT2D eigenvalue weighted by atomic mass is 10.1. The molecule has 0 spiro atoms. The molecule has 1 unspecified atom stereocenters. The lowest BCUT2D eigenvalue weighted by Gasteiger charge is -2.22. The van der Waals surface area contributed by atoms with Crippen LogP contribution in [0, 0.1) is 0 Å². The number of nitrogens with one attached hydrogen (secondary N) is 2. The minimum Gasteiger partial charge on any atom is -0.486 e. The molecule has 2 aromatic rings. The fourth-order valence-corrected chi connectivity index (χ4v) is 4.50. The van der Waals surface area contributed by atoms with E-state index in [-0.39, 0.29) is 6.54 Å². The van der Waals surface area contributed by atoms with Gasteiger partial charge in [0.25, 0.3) is 0 Å². The first kappa shape index (κ1) is 17.3. The molecule has 1 aromatic carbocycles. The third-order valence-corrected chi connectivity index (χ3v) is 6.36. The van der Waals surface area contributed by atoms with E-state index in [1.54, 1.807) is 6.07 Å². The average molecular weight is 379 g/mol. The van der Waals surface area contributed by atoms with Gasteiger partial charge in [-0.05, 0) is 37.6 Å². The third-order valence-electron chi connectivity index (χ3n) is 4.53. The highest BCUT2D eigenvalue weighted by molar-refractivity contribution is 7.90. The van der Waals surface area contributed by atoms with Crippen LogP contribution in [0.3, 0.4) is 0 Å². The molecular weight excluding hydrogens is 358 g/mol. The minimum atomic E-state index is -3.38. The largest absolute Gasteiger partial charge is 0.486 e. The molecule has 9 heteroatoms. The van der Waals surface area contributed by atoms with Gasteiger partial charge in [-0.3, -0.25) is 0 Å². The second kappa shape index (κ2) is 7.26. The van der Waals surface area contributed by atoms with Crippen LogP contribution in [0.5, 0.6) is 11.5 Å². The van der Waals surface area contributed by atoms with Crippen molar-refractivity contribution < 1.29 is 22.4 Å². The monoisotopic (exact) mass is 379 g/mol. The van der Waals surface area contributed by atoms with Crippen LogP contribution in [0.25, 0.3) is 11.3 Å². The van der Waals surface area contributed by atoms with Crippen molar-refractivity contribution in [1.82, 2.24) is 15.2 Å². The molecule has 0 saturated carbocycles. The summed E-state index contributed by atoms with van der Waals surface area (Å²) in [5.74, 6) is 1.92. The quantitative estimate of drug-likeness (QED) is 0.807. The highest BCUT2D eigenvalue weighted by Crippen LogP contribution is 2.34. The molecule has 1 fully saturated rings. The van der Waals surface area contributed by atoms with E-state index in [2.05, 4.69) is 15.2 Å². The number of hydrogen-bond donors (Lipinski definition) is 2. The lowest BCUT2D eigenvalue weighted by Crippen LogP contribution is -2.44. The fourth-order valence-electron chi connectivity index (χ4n) is 3.10. The minimum absolute atomic E-state index is 0.104. The van der Waals surface area contributed by atoms with Crippen LogP contribution in [-0.2, 0) is 16.6 Å². The van der Waals surface area contributed by atoms with Gasteiger partial charge in [-0.15, -0.1) is 0 Å². The van der Waals surface area contributed by atoms with Crippen LogP contribution in [0.2, 0.25) is 0 Å². The number of aromatic nitrogens is 1. The number of piperidine rings is 1. The van der Waals surface area contributed by atoms with Gasteiger partial charge in [-0.1, -0.05) is 5.16 Å². The topological polar surface area (TPSA) is 103 Å². The zero-order valence-corrected chi connectivity index (χ0v) is 15.0. The summed E-state index contributed by atoms with van der Waals surface area (Å²) in [5, 5.41) is 6.68.